The van der Waals surface area contributed by atoms with E-state index in [0.29, 0.717) is 42.2 Å². The maximum Gasteiger partial charge on any atom is 0.232 e. The molecule has 1 aromatic rings. The van der Waals surface area contributed by atoms with Crippen LogP contribution in [0.1, 0.15) is 19.7 Å². The summed E-state index contributed by atoms with van der Waals surface area (Å²) in [5, 5.41) is 0. The van der Waals surface area contributed by atoms with Crippen LogP contribution in [0.2, 0.25) is 0 Å². The van der Waals surface area contributed by atoms with Crippen molar-refractivity contribution in [2.75, 3.05) is 33.1 Å². The monoisotopic (exact) mass is 341 g/mol. The van der Waals surface area contributed by atoms with E-state index in [0.717, 1.165) is 0 Å². The normalized spacial score (nSPS) is 21.1. The molecule has 0 aromatic carbocycles. The van der Waals surface area contributed by atoms with E-state index in [2.05, 4.69) is 9.97 Å². The number of thioether (sulfide) groups is 1. The fraction of sp³-hybridized carbons (Fsp3) is 0.667. The van der Waals surface area contributed by atoms with Crippen molar-refractivity contribution in [1.82, 2.24) is 14.9 Å². The summed E-state index contributed by atoms with van der Waals surface area (Å²) in [7, 11) is 3.09. The van der Waals surface area contributed by atoms with E-state index < -0.39 is 0 Å². The summed E-state index contributed by atoms with van der Waals surface area (Å²) >= 11 is 1.48. The third-order valence-electron chi connectivity index (χ3n) is 3.37. The number of hydrogen-bond donors (Lipinski definition) is 0. The van der Waals surface area contributed by atoms with Crippen LogP contribution in [0.15, 0.2) is 6.07 Å². The second-order valence-corrected chi connectivity index (χ2v) is 6.40. The molecular formula is C15H23N3O4S. The number of rotatable bonds is 6. The molecule has 8 heteroatoms. The summed E-state index contributed by atoms with van der Waals surface area (Å²) < 4.78 is 15.9. The van der Waals surface area contributed by atoms with Crippen LogP contribution in [-0.2, 0) is 15.3 Å². The molecule has 0 saturated carbocycles. The van der Waals surface area contributed by atoms with Crippen LogP contribution in [0.25, 0.3) is 0 Å². The standard InChI is InChI=1S/C15H23N3O4S/c1-10-6-18(7-11(2)22-10)15(19)9-23-8-12-16-13(20-3)5-14(17-12)21-4/h5,10-11H,6-9H2,1-4H3/t10-,11-/m0/s1. The SMILES string of the molecule is COc1cc(OC)nc(CSCC(=O)N2C[C@H](C)O[C@@H](C)C2)n1. The molecule has 2 heterocycles. The lowest BCUT2D eigenvalue weighted by Gasteiger charge is -2.35. The Morgan fingerprint density at radius 2 is 1.83 bits per heavy atom. The Morgan fingerprint density at radius 3 is 2.35 bits per heavy atom. The third-order valence-corrected chi connectivity index (χ3v) is 4.29. The lowest BCUT2D eigenvalue weighted by molar-refractivity contribution is -0.140. The molecule has 23 heavy (non-hydrogen) atoms. The number of morpholine rings is 1. The topological polar surface area (TPSA) is 73.8 Å². The van der Waals surface area contributed by atoms with E-state index in [4.69, 9.17) is 14.2 Å². The van der Waals surface area contributed by atoms with Crippen molar-refractivity contribution in [3.63, 3.8) is 0 Å². The average molecular weight is 341 g/mol. The number of ether oxygens (including phenoxy) is 3. The molecule has 2 atom stereocenters. The summed E-state index contributed by atoms with van der Waals surface area (Å²) in [6.45, 7) is 5.26. The molecule has 1 aromatic heterocycles. The number of aromatic nitrogens is 2. The van der Waals surface area contributed by atoms with Gasteiger partial charge in [-0.25, -0.2) is 0 Å². The number of nitrogens with zero attached hydrogens (tertiary/aromatic N) is 3. The van der Waals surface area contributed by atoms with Gasteiger partial charge in [0.15, 0.2) is 0 Å². The number of methoxy groups -OCH3 is 2. The molecular weight excluding hydrogens is 318 g/mol. The van der Waals surface area contributed by atoms with Crippen molar-refractivity contribution in [2.24, 2.45) is 0 Å². The van der Waals surface area contributed by atoms with Gasteiger partial charge in [0.2, 0.25) is 17.7 Å². The average Bonchev–Trinajstić information content (AvgIpc) is 2.53. The minimum Gasteiger partial charge on any atom is -0.481 e. The summed E-state index contributed by atoms with van der Waals surface area (Å²) in [5.74, 6) is 2.52. The van der Waals surface area contributed by atoms with Gasteiger partial charge in [-0.3, -0.25) is 4.79 Å². The zero-order chi connectivity index (χ0) is 16.8. The lowest BCUT2D eigenvalue weighted by atomic mass is 10.2. The third kappa shape index (κ3) is 5.24. The van der Waals surface area contributed by atoms with E-state index in [1.165, 1.54) is 11.8 Å². The first-order valence-corrected chi connectivity index (χ1v) is 8.64. The van der Waals surface area contributed by atoms with Crippen LogP contribution in [0.5, 0.6) is 11.8 Å². The minimum absolute atomic E-state index is 0.0821. The summed E-state index contributed by atoms with van der Waals surface area (Å²) in [6, 6.07) is 1.62. The first-order chi connectivity index (χ1) is 11.0. The predicted molar refractivity (Wildman–Crippen MR) is 87.9 cm³/mol. The highest BCUT2D eigenvalue weighted by Crippen LogP contribution is 2.19. The lowest BCUT2D eigenvalue weighted by Crippen LogP contribution is -2.48. The fourth-order valence-electron chi connectivity index (χ4n) is 2.43. The zero-order valence-electron chi connectivity index (χ0n) is 13.9. The number of carbonyl (C=O) groups excluding carboxylic acids is 1. The van der Waals surface area contributed by atoms with Crippen LogP contribution in [-0.4, -0.2) is 66.0 Å². The smallest absolute Gasteiger partial charge is 0.232 e. The van der Waals surface area contributed by atoms with Crippen molar-refractivity contribution < 1.29 is 19.0 Å². The van der Waals surface area contributed by atoms with Gasteiger partial charge in [-0.15, -0.1) is 11.8 Å². The first kappa shape index (κ1) is 17.8. The molecule has 0 radical (unpaired) electrons. The summed E-state index contributed by atoms with van der Waals surface area (Å²) in [5.41, 5.74) is 0. The van der Waals surface area contributed by atoms with E-state index >= 15 is 0 Å². The molecule has 1 aliphatic rings. The van der Waals surface area contributed by atoms with Crippen molar-refractivity contribution in [3.05, 3.63) is 11.9 Å². The molecule has 2 rings (SSSR count). The van der Waals surface area contributed by atoms with Crippen LogP contribution in [0.3, 0.4) is 0 Å². The molecule has 0 N–H and O–H groups in total. The Kier molecular flexibility index (Phi) is 6.47. The van der Waals surface area contributed by atoms with Crippen LogP contribution >= 0.6 is 11.8 Å². The Balaban J connectivity index is 1.85. The van der Waals surface area contributed by atoms with Crippen LogP contribution < -0.4 is 9.47 Å². The Hall–Kier alpha value is -1.54. The van der Waals surface area contributed by atoms with Gasteiger partial charge in [0.1, 0.15) is 5.82 Å². The molecule has 0 spiro atoms. The van der Waals surface area contributed by atoms with Crippen molar-refractivity contribution >= 4 is 17.7 Å². The molecule has 1 aliphatic heterocycles. The summed E-state index contributed by atoms with van der Waals surface area (Å²) in [4.78, 5) is 22.7. The summed E-state index contributed by atoms with van der Waals surface area (Å²) in [6.07, 6.45) is 0.164. The highest BCUT2D eigenvalue weighted by Gasteiger charge is 2.25. The first-order valence-electron chi connectivity index (χ1n) is 7.48. The second-order valence-electron chi connectivity index (χ2n) is 5.42. The van der Waals surface area contributed by atoms with Gasteiger partial charge in [-0.1, -0.05) is 0 Å². The highest BCUT2D eigenvalue weighted by atomic mass is 32.2. The van der Waals surface area contributed by atoms with Crippen molar-refractivity contribution in [3.8, 4) is 11.8 Å². The van der Waals surface area contributed by atoms with Gasteiger partial charge in [-0.2, -0.15) is 9.97 Å². The van der Waals surface area contributed by atoms with E-state index in [1.54, 1.807) is 20.3 Å². The Labute approximate surface area is 140 Å². The maximum atomic E-state index is 12.3. The molecule has 0 unspecified atom stereocenters. The Morgan fingerprint density at radius 1 is 1.26 bits per heavy atom. The largest absolute Gasteiger partial charge is 0.481 e. The van der Waals surface area contributed by atoms with Gasteiger partial charge in [-0.05, 0) is 13.8 Å². The maximum absolute atomic E-state index is 12.3. The van der Waals surface area contributed by atoms with E-state index in [-0.39, 0.29) is 18.1 Å². The second kappa shape index (κ2) is 8.35. The van der Waals surface area contributed by atoms with E-state index in [1.807, 2.05) is 18.7 Å². The van der Waals surface area contributed by atoms with Gasteiger partial charge >= 0.3 is 0 Å². The predicted octanol–water partition coefficient (Wildman–Crippen LogP) is 1.36. The number of amides is 1. The molecule has 128 valence electrons. The molecule has 7 nitrogen and oxygen atoms in total. The fourth-order valence-corrected chi connectivity index (χ4v) is 3.20. The van der Waals surface area contributed by atoms with Crippen molar-refractivity contribution in [2.45, 2.75) is 31.8 Å². The van der Waals surface area contributed by atoms with Gasteiger partial charge in [0.05, 0.1) is 44.0 Å². The zero-order valence-corrected chi connectivity index (χ0v) is 14.8. The number of carbonyl (C=O) groups is 1. The molecule has 1 fully saturated rings. The molecule has 0 aliphatic carbocycles. The molecule has 1 amide bonds. The Bertz CT molecular complexity index is 511. The quantitative estimate of drug-likeness (QED) is 0.773. The van der Waals surface area contributed by atoms with E-state index in [9.17, 15) is 4.79 Å². The molecule has 0 bridgehead atoms. The van der Waals surface area contributed by atoms with Gasteiger partial charge < -0.3 is 19.1 Å². The minimum atomic E-state index is 0.0821. The number of hydrogen-bond acceptors (Lipinski definition) is 7. The van der Waals surface area contributed by atoms with Crippen LogP contribution in [0, 0.1) is 0 Å². The highest BCUT2D eigenvalue weighted by molar-refractivity contribution is 7.99. The van der Waals surface area contributed by atoms with Gasteiger partial charge in [0, 0.05) is 13.1 Å². The van der Waals surface area contributed by atoms with Crippen LogP contribution in [0.4, 0.5) is 0 Å². The van der Waals surface area contributed by atoms with Gasteiger partial charge in [0.25, 0.3) is 0 Å². The molecule has 1 saturated heterocycles. The van der Waals surface area contributed by atoms with Crippen molar-refractivity contribution in [1.29, 1.82) is 0 Å².